The number of amides is 3. The molecular formula is C24H37N5O7S. The van der Waals surface area contributed by atoms with Crippen molar-refractivity contribution >= 4 is 41.4 Å². The molecule has 3 amide bonds. The van der Waals surface area contributed by atoms with Crippen LogP contribution in [-0.2, 0) is 30.4 Å². The predicted octanol–water partition coefficient (Wildman–Crippen LogP) is -0.548. The average Bonchev–Trinajstić information content (AvgIpc) is 2.85. The Morgan fingerprint density at radius 3 is 2.03 bits per heavy atom. The van der Waals surface area contributed by atoms with Crippen molar-refractivity contribution in [2.24, 2.45) is 11.5 Å². The molecule has 206 valence electrons. The quantitative estimate of drug-likeness (QED) is 0.118. The second-order valence-electron chi connectivity index (χ2n) is 8.48. The molecule has 0 fully saturated rings. The number of nitrogens with one attached hydrogen (secondary N) is 3. The van der Waals surface area contributed by atoms with E-state index in [0.29, 0.717) is 25.1 Å². The lowest BCUT2D eigenvalue weighted by Crippen LogP contribution is -2.57. The fourth-order valence-electron chi connectivity index (χ4n) is 3.42. The number of nitrogens with two attached hydrogens (primary N) is 2. The van der Waals surface area contributed by atoms with Gasteiger partial charge in [-0.05, 0) is 56.2 Å². The monoisotopic (exact) mass is 539 g/mol. The molecule has 9 N–H and O–H groups in total. The molecule has 12 nitrogen and oxygen atoms in total. The number of unbranched alkanes of at least 4 members (excludes halogenated alkanes) is 1. The van der Waals surface area contributed by atoms with Gasteiger partial charge in [-0.25, -0.2) is 4.79 Å². The van der Waals surface area contributed by atoms with E-state index in [0.717, 1.165) is 5.56 Å². The van der Waals surface area contributed by atoms with Crippen LogP contribution in [0.25, 0.3) is 0 Å². The van der Waals surface area contributed by atoms with Gasteiger partial charge in [0.25, 0.3) is 0 Å². The normalized spacial score (nSPS) is 14.0. The highest BCUT2D eigenvalue weighted by atomic mass is 32.2. The first-order chi connectivity index (χ1) is 17.6. The maximum atomic E-state index is 13.0. The Morgan fingerprint density at radius 1 is 0.865 bits per heavy atom. The molecule has 0 bridgehead atoms. The van der Waals surface area contributed by atoms with Crippen molar-refractivity contribution in [1.82, 2.24) is 16.0 Å². The third-order valence-corrected chi connectivity index (χ3v) is 6.10. The van der Waals surface area contributed by atoms with Crippen molar-refractivity contribution in [3.63, 3.8) is 0 Å². The molecule has 0 spiro atoms. The number of benzene rings is 1. The Hall–Kier alpha value is -3.16. The highest BCUT2D eigenvalue weighted by Crippen LogP contribution is 2.07. The molecule has 37 heavy (non-hydrogen) atoms. The molecule has 4 atom stereocenters. The summed E-state index contributed by atoms with van der Waals surface area (Å²) in [5.74, 6) is -4.43. The van der Waals surface area contributed by atoms with Gasteiger partial charge >= 0.3 is 11.9 Å². The number of hydrogen-bond acceptors (Lipinski definition) is 8. The Labute approximate surface area is 220 Å². The third kappa shape index (κ3) is 12.6. The fourth-order valence-corrected chi connectivity index (χ4v) is 3.89. The highest BCUT2D eigenvalue weighted by molar-refractivity contribution is 7.98. The molecule has 0 aliphatic rings. The van der Waals surface area contributed by atoms with Crippen molar-refractivity contribution in [3.05, 3.63) is 35.9 Å². The van der Waals surface area contributed by atoms with Gasteiger partial charge in [-0.3, -0.25) is 19.2 Å². The average molecular weight is 540 g/mol. The van der Waals surface area contributed by atoms with Crippen LogP contribution in [0.3, 0.4) is 0 Å². The molecule has 0 radical (unpaired) electrons. The number of aliphatic carboxylic acids is 2. The Bertz CT molecular complexity index is 903. The summed E-state index contributed by atoms with van der Waals surface area (Å²) in [5.41, 5.74) is 12.2. The molecule has 0 heterocycles. The predicted molar refractivity (Wildman–Crippen MR) is 140 cm³/mol. The number of thioether (sulfide) groups is 1. The van der Waals surface area contributed by atoms with Gasteiger partial charge in [-0.2, -0.15) is 11.8 Å². The first-order valence-electron chi connectivity index (χ1n) is 11.9. The molecule has 0 saturated heterocycles. The van der Waals surface area contributed by atoms with Gasteiger partial charge in [-0.15, -0.1) is 0 Å². The molecule has 0 aromatic heterocycles. The molecule has 1 aromatic rings. The molecule has 0 saturated carbocycles. The number of hydrogen-bond donors (Lipinski definition) is 7. The topological polar surface area (TPSA) is 214 Å². The van der Waals surface area contributed by atoms with Crippen LogP contribution >= 0.6 is 11.8 Å². The van der Waals surface area contributed by atoms with Crippen LogP contribution in [0, 0.1) is 0 Å². The van der Waals surface area contributed by atoms with Gasteiger partial charge in [0, 0.05) is 0 Å². The highest BCUT2D eigenvalue weighted by Gasteiger charge is 2.31. The van der Waals surface area contributed by atoms with Crippen LogP contribution in [0.15, 0.2) is 30.3 Å². The largest absolute Gasteiger partial charge is 0.481 e. The van der Waals surface area contributed by atoms with Gasteiger partial charge < -0.3 is 37.6 Å². The standard InChI is InChI=1S/C24H37N5O7S/c1-37-12-10-17(22(33)28-18(24(35)36)9-5-6-11-25)27-23(34)19(14-20(30)31)29-21(32)16(26)13-15-7-3-2-4-8-15/h2-4,7-8,16-19H,5-6,9-14,25-26H2,1H3,(H,27,34)(H,28,33)(H,29,32)(H,30,31)(H,35,36). The van der Waals surface area contributed by atoms with E-state index in [-0.39, 0.29) is 19.3 Å². The van der Waals surface area contributed by atoms with Gasteiger partial charge in [0.05, 0.1) is 12.5 Å². The lowest BCUT2D eigenvalue weighted by molar-refractivity contribution is -0.143. The van der Waals surface area contributed by atoms with Crippen LogP contribution in [0.4, 0.5) is 0 Å². The lowest BCUT2D eigenvalue weighted by Gasteiger charge is -2.24. The number of rotatable bonds is 18. The number of carbonyl (C=O) groups is 5. The Balaban J connectivity index is 2.92. The molecule has 1 aromatic carbocycles. The second-order valence-corrected chi connectivity index (χ2v) is 9.47. The van der Waals surface area contributed by atoms with Crippen molar-refractivity contribution in [3.8, 4) is 0 Å². The minimum Gasteiger partial charge on any atom is -0.481 e. The maximum Gasteiger partial charge on any atom is 0.326 e. The molecule has 0 aliphatic carbocycles. The van der Waals surface area contributed by atoms with Crippen molar-refractivity contribution in [2.45, 2.75) is 62.7 Å². The first kappa shape index (κ1) is 31.9. The van der Waals surface area contributed by atoms with Gasteiger partial charge in [0.15, 0.2) is 0 Å². The van der Waals surface area contributed by atoms with Crippen LogP contribution in [0.2, 0.25) is 0 Å². The summed E-state index contributed by atoms with van der Waals surface area (Å²) in [6, 6.07) is 4.11. The van der Waals surface area contributed by atoms with Crippen LogP contribution < -0.4 is 27.4 Å². The zero-order valence-corrected chi connectivity index (χ0v) is 21.7. The molecular weight excluding hydrogens is 502 g/mol. The smallest absolute Gasteiger partial charge is 0.326 e. The van der Waals surface area contributed by atoms with E-state index in [1.807, 2.05) is 6.07 Å². The SMILES string of the molecule is CSCCC(NC(=O)C(CC(=O)O)NC(=O)C(N)Cc1ccccc1)C(=O)NC(CCCCN)C(=O)O. The summed E-state index contributed by atoms with van der Waals surface area (Å²) >= 11 is 1.41. The second kappa shape index (κ2) is 17.3. The van der Waals surface area contributed by atoms with Crippen molar-refractivity contribution in [2.75, 3.05) is 18.6 Å². The van der Waals surface area contributed by atoms with Crippen LogP contribution in [-0.4, -0.2) is 82.6 Å². The van der Waals surface area contributed by atoms with E-state index >= 15 is 0 Å². The first-order valence-corrected chi connectivity index (χ1v) is 13.3. The van der Waals surface area contributed by atoms with Gasteiger partial charge in [0.1, 0.15) is 18.1 Å². The lowest BCUT2D eigenvalue weighted by atomic mass is 10.0. The Morgan fingerprint density at radius 2 is 1.46 bits per heavy atom. The summed E-state index contributed by atoms with van der Waals surface area (Å²) in [5, 5.41) is 26.0. The summed E-state index contributed by atoms with van der Waals surface area (Å²) in [7, 11) is 0. The van der Waals surface area contributed by atoms with Crippen molar-refractivity contribution in [1.29, 1.82) is 0 Å². The molecule has 4 unspecified atom stereocenters. The fraction of sp³-hybridized carbons (Fsp3) is 0.542. The van der Waals surface area contributed by atoms with E-state index in [1.54, 1.807) is 30.5 Å². The van der Waals surface area contributed by atoms with Gasteiger partial charge in [0.2, 0.25) is 17.7 Å². The number of carboxylic acid groups (broad SMARTS) is 2. The van der Waals surface area contributed by atoms with Crippen molar-refractivity contribution < 1.29 is 34.2 Å². The summed E-state index contributed by atoms with van der Waals surface area (Å²) in [6.45, 7) is 0.387. The van der Waals surface area contributed by atoms with Crippen LogP contribution in [0.1, 0.15) is 37.7 Å². The van der Waals surface area contributed by atoms with E-state index < -0.39 is 60.2 Å². The Kier molecular flexibility index (Phi) is 14.9. The van der Waals surface area contributed by atoms with E-state index in [9.17, 15) is 34.2 Å². The minimum atomic E-state index is -1.49. The van der Waals surface area contributed by atoms with E-state index in [4.69, 9.17) is 11.5 Å². The maximum absolute atomic E-state index is 13.0. The number of carboxylic acids is 2. The van der Waals surface area contributed by atoms with Gasteiger partial charge in [-0.1, -0.05) is 30.3 Å². The summed E-state index contributed by atoms with van der Waals surface area (Å²) in [4.78, 5) is 61.4. The van der Waals surface area contributed by atoms with Crippen LogP contribution in [0.5, 0.6) is 0 Å². The summed E-state index contributed by atoms with van der Waals surface area (Å²) in [6.07, 6.45) is 2.65. The minimum absolute atomic E-state index is 0.162. The zero-order valence-electron chi connectivity index (χ0n) is 20.9. The summed E-state index contributed by atoms with van der Waals surface area (Å²) < 4.78 is 0. The van der Waals surface area contributed by atoms with E-state index in [1.165, 1.54) is 11.8 Å². The number of carbonyl (C=O) groups excluding carboxylic acids is 3. The zero-order chi connectivity index (χ0) is 27.8. The molecule has 13 heteroatoms. The third-order valence-electron chi connectivity index (χ3n) is 5.45. The van der Waals surface area contributed by atoms with E-state index in [2.05, 4.69) is 16.0 Å². The molecule has 1 rings (SSSR count). The molecule has 0 aliphatic heterocycles.